The highest BCUT2D eigenvalue weighted by Crippen LogP contribution is 2.25. The number of methoxy groups -OCH3 is 1. The second-order valence-corrected chi connectivity index (χ2v) is 4.43. The highest BCUT2D eigenvalue weighted by molar-refractivity contribution is 5.82. The van der Waals surface area contributed by atoms with Crippen LogP contribution < -0.4 is 11.1 Å². The average molecular weight is 281 g/mol. The molecule has 0 heterocycles. The van der Waals surface area contributed by atoms with Crippen LogP contribution in [0.3, 0.4) is 0 Å². The number of hydrogen-bond donors (Lipinski definition) is 2. The van der Waals surface area contributed by atoms with Gasteiger partial charge in [-0.25, -0.2) is 4.79 Å². The van der Waals surface area contributed by atoms with Gasteiger partial charge in [0.25, 0.3) is 0 Å². The minimum Gasteiger partial charge on any atom is -0.467 e. The molecule has 5 heteroatoms. The van der Waals surface area contributed by atoms with E-state index < -0.39 is 12.0 Å². The second kappa shape index (κ2) is 6.44. The summed E-state index contributed by atoms with van der Waals surface area (Å²) >= 11 is 0. The molecule has 106 valence electrons. The fourth-order valence-electron chi connectivity index (χ4n) is 1.98. The maximum Gasteiger partial charge on any atom is 0.332 e. The first-order valence-corrected chi connectivity index (χ1v) is 6.34. The number of nitrogens with one attached hydrogen (secondary N) is 1. The van der Waals surface area contributed by atoms with E-state index in [0.29, 0.717) is 16.9 Å². The molecule has 0 bridgehead atoms. The van der Waals surface area contributed by atoms with Crippen molar-refractivity contribution >= 4 is 17.3 Å². The molecule has 0 radical (unpaired) electrons. The first-order valence-electron chi connectivity index (χ1n) is 6.34. The lowest BCUT2D eigenvalue weighted by atomic mass is 10.1. The first-order chi connectivity index (χ1) is 10.2. The topological polar surface area (TPSA) is 88.1 Å². The van der Waals surface area contributed by atoms with Gasteiger partial charge in [-0.1, -0.05) is 30.3 Å². The van der Waals surface area contributed by atoms with Gasteiger partial charge in [-0.3, -0.25) is 0 Å². The molecular weight excluding hydrogens is 266 g/mol. The molecule has 2 rings (SSSR count). The van der Waals surface area contributed by atoms with E-state index in [2.05, 4.69) is 11.4 Å². The fourth-order valence-corrected chi connectivity index (χ4v) is 1.98. The predicted octanol–water partition coefficient (Wildman–Crippen LogP) is 2.47. The van der Waals surface area contributed by atoms with Crippen LogP contribution in [-0.4, -0.2) is 13.1 Å². The van der Waals surface area contributed by atoms with Gasteiger partial charge < -0.3 is 15.8 Å². The third-order valence-electron chi connectivity index (χ3n) is 3.03. The number of benzene rings is 2. The van der Waals surface area contributed by atoms with E-state index in [-0.39, 0.29) is 0 Å². The summed E-state index contributed by atoms with van der Waals surface area (Å²) in [5.41, 5.74) is 7.82. The van der Waals surface area contributed by atoms with Gasteiger partial charge in [-0.15, -0.1) is 0 Å². The van der Waals surface area contributed by atoms with Crippen molar-refractivity contribution in [2.24, 2.45) is 0 Å². The Labute approximate surface area is 123 Å². The quantitative estimate of drug-likeness (QED) is 0.664. The third kappa shape index (κ3) is 3.31. The Hall–Kier alpha value is -3.00. The summed E-state index contributed by atoms with van der Waals surface area (Å²) in [4.78, 5) is 12.0. The molecule has 0 amide bonds. The molecule has 1 unspecified atom stereocenters. The molecule has 21 heavy (non-hydrogen) atoms. The maximum absolute atomic E-state index is 12.0. The summed E-state index contributed by atoms with van der Waals surface area (Å²) in [6.07, 6.45) is 0. The lowest BCUT2D eigenvalue weighted by Crippen LogP contribution is -2.22. The summed E-state index contributed by atoms with van der Waals surface area (Å²) in [5.74, 6) is -0.429. The van der Waals surface area contributed by atoms with Crippen LogP contribution in [0.2, 0.25) is 0 Å². The number of hydrogen-bond acceptors (Lipinski definition) is 5. The van der Waals surface area contributed by atoms with Gasteiger partial charge in [0, 0.05) is 5.69 Å². The Bertz CT molecular complexity index is 678. The minimum atomic E-state index is -0.688. The molecule has 0 aliphatic carbocycles. The van der Waals surface area contributed by atoms with Crippen molar-refractivity contribution in [3.63, 3.8) is 0 Å². The van der Waals surface area contributed by atoms with E-state index >= 15 is 0 Å². The third-order valence-corrected chi connectivity index (χ3v) is 3.03. The zero-order valence-corrected chi connectivity index (χ0v) is 11.5. The zero-order chi connectivity index (χ0) is 15.2. The number of nitrogen functional groups attached to an aromatic ring is 1. The van der Waals surface area contributed by atoms with Crippen LogP contribution in [-0.2, 0) is 9.53 Å². The van der Waals surface area contributed by atoms with Crippen molar-refractivity contribution in [1.29, 1.82) is 5.26 Å². The number of rotatable bonds is 4. The molecule has 0 aliphatic heterocycles. The molecule has 0 saturated heterocycles. The first kappa shape index (κ1) is 14.4. The van der Waals surface area contributed by atoms with Gasteiger partial charge in [0.1, 0.15) is 6.07 Å². The zero-order valence-electron chi connectivity index (χ0n) is 11.5. The molecule has 2 aromatic rings. The summed E-state index contributed by atoms with van der Waals surface area (Å²) in [7, 11) is 1.33. The Morgan fingerprint density at radius 1 is 1.29 bits per heavy atom. The van der Waals surface area contributed by atoms with Crippen LogP contribution in [0.15, 0.2) is 48.5 Å². The number of ether oxygens (including phenoxy) is 1. The standard InChI is InChI=1S/C16H15N3O2/c1-21-16(20)15(11-5-3-2-4-6-11)19-14-8-7-13(18)9-12(14)10-17/h2-9,15,19H,18H2,1H3. The molecule has 0 aromatic heterocycles. The predicted molar refractivity (Wildman–Crippen MR) is 80.4 cm³/mol. The minimum absolute atomic E-state index is 0.375. The summed E-state index contributed by atoms with van der Waals surface area (Å²) in [5, 5.41) is 12.2. The van der Waals surface area contributed by atoms with Gasteiger partial charge in [-0.2, -0.15) is 5.26 Å². The smallest absolute Gasteiger partial charge is 0.332 e. The van der Waals surface area contributed by atoms with E-state index in [1.807, 2.05) is 30.3 Å². The molecule has 0 fully saturated rings. The van der Waals surface area contributed by atoms with Gasteiger partial charge in [0.2, 0.25) is 0 Å². The van der Waals surface area contributed by atoms with Crippen LogP contribution in [0, 0.1) is 11.3 Å². The van der Waals surface area contributed by atoms with Crippen LogP contribution in [0.1, 0.15) is 17.2 Å². The average Bonchev–Trinajstić information content (AvgIpc) is 2.53. The van der Waals surface area contributed by atoms with Crippen LogP contribution >= 0.6 is 0 Å². The van der Waals surface area contributed by atoms with Gasteiger partial charge in [0.05, 0.1) is 18.4 Å². The van der Waals surface area contributed by atoms with Crippen molar-refractivity contribution in [2.75, 3.05) is 18.2 Å². The Balaban J connectivity index is 2.37. The number of nitriles is 1. The van der Waals surface area contributed by atoms with Gasteiger partial charge in [0.15, 0.2) is 6.04 Å². The van der Waals surface area contributed by atoms with E-state index in [0.717, 1.165) is 5.56 Å². The fraction of sp³-hybridized carbons (Fsp3) is 0.125. The molecule has 3 N–H and O–H groups in total. The van der Waals surface area contributed by atoms with Crippen molar-refractivity contribution in [3.8, 4) is 6.07 Å². The molecule has 0 saturated carbocycles. The normalized spacial score (nSPS) is 11.2. The number of carbonyl (C=O) groups excluding carboxylic acids is 1. The van der Waals surface area contributed by atoms with Crippen molar-refractivity contribution in [1.82, 2.24) is 0 Å². The highest BCUT2D eigenvalue weighted by atomic mass is 16.5. The van der Waals surface area contributed by atoms with Crippen molar-refractivity contribution in [3.05, 3.63) is 59.7 Å². The highest BCUT2D eigenvalue weighted by Gasteiger charge is 2.22. The second-order valence-electron chi connectivity index (χ2n) is 4.43. The number of carbonyl (C=O) groups is 1. The molecule has 0 spiro atoms. The van der Waals surface area contributed by atoms with Gasteiger partial charge >= 0.3 is 5.97 Å². The van der Waals surface area contributed by atoms with Crippen LogP contribution in [0.5, 0.6) is 0 Å². The van der Waals surface area contributed by atoms with E-state index in [9.17, 15) is 4.79 Å². The Kier molecular flexibility index (Phi) is 4.42. The monoisotopic (exact) mass is 281 g/mol. The van der Waals surface area contributed by atoms with Crippen molar-refractivity contribution in [2.45, 2.75) is 6.04 Å². The molecule has 2 aromatic carbocycles. The molecule has 1 atom stereocenters. The number of nitrogens with two attached hydrogens (primary N) is 1. The summed E-state index contributed by atoms with van der Waals surface area (Å²) in [6.45, 7) is 0. The van der Waals surface area contributed by atoms with Crippen LogP contribution in [0.4, 0.5) is 11.4 Å². The summed E-state index contributed by atoms with van der Waals surface area (Å²) < 4.78 is 4.83. The van der Waals surface area contributed by atoms with Crippen molar-refractivity contribution < 1.29 is 9.53 Å². The molecule has 0 aliphatic rings. The van der Waals surface area contributed by atoms with Crippen LogP contribution in [0.25, 0.3) is 0 Å². The lowest BCUT2D eigenvalue weighted by Gasteiger charge is -2.19. The SMILES string of the molecule is COC(=O)C(Nc1ccc(N)cc1C#N)c1ccccc1. The Morgan fingerprint density at radius 2 is 2.00 bits per heavy atom. The van der Waals surface area contributed by atoms with E-state index in [1.54, 1.807) is 18.2 Å². The number of nitrogens with zero attached hydrogens (tertiary/aromatic N) is 1. The maximum atomic E-state index is 12.0. The summed E-state index contributed by atoms with van der Waals surface area (Å²) in [6, 6.07) is 15.4. The molecule has 5 nitrogen and oxygen atoms in total. The van der Waals surface area contributed by atoms with Gasteiger partial charge in [-0.05, 0) is 23.8 Å². The lowest BCUT2D eigenvalue weighted by molar-refractivity contribution is -0.141. The van der Waals surface area contributed by atoms with E-state index in [1.165, 1.54) is 7.11 Å². The number of esters is 1. The largest absolute Gasteiger partial charge is 0.467 e. The van der Waals surface area contributed by atoms with E-state index in [4.69, 9.17) is 15.7 Å². The molecular formula is C16H15N3O2. The Morgan fingerprint density at radius 3 is 2.62 bits per heavy atom. The number of anilines is 2.